The molecule has 0 aliphatic carbocycles. The monoisotopic (exact) mass is 672 g/mol. The van der Waals surface area contributed by atoms with Gasteiger partial charge < -0.3 is 37.2 Å². The van der Waals surface area contributed by atoms with Crippen molar-refractivity contribution in [3.63, 3.8) is 0 Å². The number of nitrogens with one attached hydrogen (secondary N) is 2. The summed E-state index contributed by atoms with van der Waals surface area (Å²) in [6.45, 7) is 7.88. The number of thioether (sulfide) groups is 2. The van der Waals surface area contributed by atoms with Crippen molar-refractivity contribution in [3.05, 3.63) is 0 Å². The second kappa shape index (κ2) is 22.0. The predicted molar refractivity (Wildman–Crippen MR) is 175 cm³/mol. The van der Waals surface area contributed by atoms with Crippen LogP contribution < -0.4 is 10.6 Å². The van der Waals surface area contributed by atoms with Crippen LogP contribution in [-0.2, 0) is 36.1 Å². The molecule has 0 heterocycles. The Labute approximate surface area is 264 Å². The van der Waals surface area contributed by atoms with Crippen molar-refractivity contribution in [3.8, 4) is 0 Å². The van der Waals surface area contributed by atoms with Crippen LogP contribution in [-0.4, -0.2) is 119 Å². The summed E-state index contributed by atoms with van der Waals surface area (Å²) in [6.07, 6.45) is 3.56. The minimum Gasteiger partial charge on any atom is -0.377 e. The summed E-state index contributed by atoms with van der Waals surface area (Å²) in [4.78, 5) is 25.4. The normalized spacial score (nSPS) is 13.1. The molecule has 0 aromatic rings. The lowest BCUT2D eigenvalue weighted by molar-refractivity contribution is -0.127. The first-order valence-corrected chi connectivity index (χ1v) is 20.5. The molecule has 0 spiro atoms. The fourth-order valence-electron chi connectivity index (χ4n) is 3.62. The van der Waals surface area contributed by atoms with E-state index in [9.17, 15) is 9.59 Å². The van der Waals surface area contributed by atoms with Crippen LogP contribution in [0.15, 0.2) is 10.2 Å². The second-order valence-corrected chi connectivity index (χ2v) is 19.2. The zero-order chi connectivity index (χ0) is 32.1. The molecule has 16 heteroatoms. The van der Waals surface area contributed by atoms with Crippen molar-refractivity contribution in [1.29, 1.82) is 0 Å². The number of carbonyl (C=O) groups is 2. The number of carbonyl (C=O) groups excluding carboxylic acids is 2. The number of rotatable bonds is 26. The van der Waals surface area contributed by atoms with Gasteiger partial charge in [0.1, 0.15) is 0 Å². The van der Waals surface area contributed by atoms with Crippen LogP contribution in [0.5, 0.6) is 0 Å². The fraction of sp³-hybridized carbons (Fsp3) is 0.923. The van der Waals surface area contributed by atoms with Gasteiger partial charge in [0.05, 0.1) is 0 Å². The van der Waals surface area contributed by atoms with Crippen molar-refractivity contribution in [1.82, 2.24) is 10.6 Å². The first kappa shape index (κ1) is 41.4. The van der Waals surface area contributed by atoms with Gasteiger partial charge >= 0.3 is 17.6 Å². The number of amides is 2. The molecule has 0 fully saturated rings. The Morgan fingerprint density at radius 3 is 1.14 bits per heavy atom. The zero-order valence-corrected chi connectivity index (χ0v) is 31.1. The predicted octanol–water partition coefficient (Wildman–Crippen LogP) is 4.01. The summed E-state index contributed by atoms with van der Waals surface area (Å²) in [7, 11) is 4.73. The van der Waals surface area contributed by atoms with Crippen molar-refractivity contribution >= 4 is 52.9 Å². The topological polar surface area (TPSA) is 138 Å². The Morgan fingerprint density at radius 2 is 0.857 bits per heavy atom. The second-order valence-electron chi connectivity index (χ2n) is 10.6. The molecule has 0 bridgehead atoms. The minimum absolute atomic E-state index is 0.220. The lowest BCUT2D eigenvalue weighted by Crippen LogP contribution is -2.44. The van der Waals surface area contributed by atoms with Crippen molar-refractivity contribution in [2.24, 2.45) is 10.2 Å². The van der Waals surface area contributed by atoms with Gasteiger partial charge in [-0.25, -0.2) is 0 Å². The minimum atomic E-state index is -2.50. The first-order chi connectivity index (χ1) is 19.8. The van der Waals surface area contributed by atoms with Gasteiger partial charge in [0, 0.05) is 67.8 Å². The van der Waals surface area contributed by atoms with E-state index in [-0.39, 0.29) is 11.8 Å². The Hall–Kier alpha value is -0.566. The molecule has 42 heavy (non-hydrogen) atoms. The van der Waals surface area contributed by atoms with Crippen LogP contribution in [0, 0.1) is 0 Å². The molecule has 2 amide bonds. The fourth-order valence-corrected chi connectivity index (χ4v) is 9.38. The highest BCUT2D eigenvalue weighted by Crippen LogP contribution is 2.20. The maximum absolute atomic E-state index is 12.7. The highest BCUT2D eigenvalue weighted by Gasteiger charge is 2.37. The molecule has 0 unspecified atom stereocenters. The molecular weight excluding hydrogens is 617 g/mol. The highest BCUT2D eigenvalue weighted by atomic mass is 32.2. The van der Waals surface area contributed by atoms with E-state index in [2.05, 4.69) is 20.9 Å². The molecule has 248 valence electrons. The molecule has 0 aliphatic heterocycles. The molecule has 0 rings (SSSR count). The SMILES string of the molecule is CO[Si](CCCSCCCNC(=O)C(C)(C)N=NC(C)(C)C(=O)NCCCSCCC[Si](OC)(OC)OC)(OC)OC. The van der Waals surface area contributed by atoms with Crippen LogP contribution in [0.4, 0.5) is 0 Å². The zero-order valence-electron chi connectivity index (χ0n) is 27.5. The highest BCUT2D eigenvalue weighted by molar-refractivity contribution is 7.99. The molecule has 0 aromatic carbocycles. The molecule has 0 radical (unpaired) electrons. The maximum Gasteiger partial charge on any atom is 0.500 e. The average molecular weight is 673 g/mol. The van der Waals surface area contributed by atoms with Crippen LogP contribution >= 0.6 is 23.5 Å². The number of nitrogens with zero attached hydrogens (tertiary/aromatic N) is 2. The van der Waals surface area contributed by atoms with Crippen molar-refractivity contribution < 1.29 is 36.1 Å². The van der Waals surface area contributed by atoms with E-state index in [1.54, 1.807) is 70.4 Å². The van der Waals surface area contributed by atoms with E-state index in [0.29, 0.717) is 13.1 Å². The van der Waals surface area contributed by atoms with Gasteiger partial charge in [-0.1, -0.05) is 0 Å². The summed E-state index contributed by atoms with van der Waals surface area (Å²) in [5.74, 6) is 3.34. The quantitative estimate of drug-likeness (QED) is 0.0788. The molecule has 0 saturated carbocycles. The van der Waals surface area contributed by atoms with E-state index < -0.39 is 28.7 Å². The maximum atomic E-state index is 12.7. The largest absolute Gasteiger partial charge is 0.500 e. The Bertz CT molecular complexity index is 711. The Balaban J connectivity index is 4.26. The van der Waals surface area contributed by atoms with Crippen LogP contribution in [0.25, 0.3) is 0 Å². The van der Waals surface area contributed by atoms with Crippen molar-refractivity contribution in [2.45, 2.75) is 76.5 Å². The average Bonchev–Trinajstić information content (AvgIpc) is 2.99. The third-order valence-electron chi connectivity index (χ3n) is 6.57. The molecule has 0 aliphatic rings. The van der Waals surface area contributed by atoms with Crippen LogP contribution in [0.1, 0.15) is 53.4 Å². The van der Waals surface area contributed by atoms with Gasteiger partial charge in [-0.3, -0.25) is 9.59 Å². The standard InChI is InChI=1S/C26H56N4O8S2Si2/c1-25(2,23(31)27-15-11-17-39-19-13-21-41(33-5,34-6)35-7)29-30-26(3,4)24(32)28-16-12-18-40-20-14-22-42(36-8,37-9)38-10/h11-22H2,1-10H3,(H,27,31)(H,28,32). The Kier molecular flexibility index (Phi) is 21.7. The molecule has 0 atom stereocenters. The van der Waals surface area contributed by atoms with Gasteiger partial charge in [-0.15, -0.1) is 0 Å². The summed E-state index contributed by atoms with van der Waals surface area (Å²) in [5.41, 5.74) is -2.16. The van der Waals surface area contributed by atoms with E-state index in [1.807, 2.05) is 23.5 Å². The molecule has 12 nitrogen and oxygen atoms in total. The summed E-state index contributed by atoms with van der Waals surface area (Å²) < 4.78 is 32.6. The molecular formula is C26H56N4O8S2Si2. The summed E-state index contributed by atoms with van der Waals surface area (Å²) >= 11 is 3.64. The van der Waals surface area contributed by atoms with E-state index in [1.165, 1.54) is 0 Å². The first-order valence-electron chi connectivity index (χ1n) is 14.3. The molecule has 2 N–H and O–H groups in total. The number of hydrogen-bond donors (Lipinski definition) is 2. The summed E-state index contributed by atoms with van der Waals surface area (Å²) in [5, 5.41) is 14.3. The Morgan fingerprint density at radius 1 is 0.571 bits per heavy atom. The van der Waals surface area contributed by atoms with E-state index in [4.69, 9.17) is 26.6 Å². The van der Waals surface area contributed by atoms with Gasteiger partial charge in [0.25, 0.3) is 0 Å². The third kappa shape index (κ3) is 15.9. The molecule has 0 aromatic heterocycles. The lowest BCUT2D eigenvalue weighted by atomic mass is 10.0. The van der Waals surface area contributed by atoms with Crippen LogP contribution in [0.3, 0.4) is 0 Å². The van der Waals surface area contributed by atoms with Crippen LogP contribution in [0.2, 0.25) is 12.1 Å². The van der Waals surface area contributed by atoms with E-state index in [0.717, 1.165) is 60.8 Å². The van der Waals surface area contributed by atoms with E-state index >= 15 is 0 Å². The van der Waals surface area contributed by atoms with Crippen molar-refractivity contribution in [2.75, 3.05) is 78.8 Å². The van der Waals surface area contributed by atoms with Gasteiger partial charge in [0.15, 0.2) is 11.1 Å². The van der Waals surface area contributed by atoms with Gasteiger partial charge in [-0.05, 0) is 76.4 Å². The number of azo groups is 1. The lowest BCUT2D eigenvalue weighted by Gasteiger charge is -2.24. The molecule has 0 saturated heterocycles. The third-order valence-corrected chi connectivity index (χ3v) is 14.5. The number of hydrogen-bond acceptors (Lipinski definition) is 12. The van der Waals surface area contributed by atoms with Gasteiger partial charge in [-0.2, -0.15) is 33.8 Å². The summed E-state index contributed by atoms with van der Waals surface area (Å²) in [6, 6.07) is 1.55. The smallest absolute Gasteiger partial charge is 0.377 e. The van der Waals surface area contributed by atoms with Gasteiger partial charge in [0.2, 0.25) is 11.8 Å².